The molecule has 26 heavy (non-hydrogen) atoms. The molecule has 4 nitrogen and oxygen atoms in total. The number of carbonyl (C=O) groups is 3. The van der Waals surface area contributed by atoms with Crippen molar-refractivity contribution in [2.24, 2.45) is 5.92 Å². The standard InChI is InChI=1S/C22H25NO3/c1-15(2)13-17-7-9-18(10-8-17)21(25)11-12-22(26)23-20-6-4-5-19(14-20)16(3)24/h4-10,14-15H,11-13H2,1-3H3,(H,23,26). The highest BCUT2D eigenvalue weighted by Crippen LogP contribution is 2.14. The topological polar surface area (TPSA) is 63.2 Å². The van der Waals surface area contributed by atoms with Gasteiger partial charge in [-0.05, 0) is 37.0 Å². The molecule has 0 unspecified atom stereocenters. The summed E-state index contributed by atoms with van der Waals surface area (Å²) in [5.74, 6) is 0.225. The molecule has 1 N–H and O–H groups in total. The molecule has 0 aliphatic rings. The van der Waals surface area contributed by atoms with E-state index in [9.17, 15) is 14.4 Å². The third kappa shape index (κ3) is 5.96. The van der Waals surface area contributed by atoms with Crippen molar-refractivity contribution in [3.63, 3.8) is 0 Å². The van der Waals surface area contributed by atoms with E-state index in [0.717, 1.165) is 6.42 Å². The second-order valence-electron chi connectivity index (χ2n) is 6.90. The summed E-state index contributed by atoms with van der Waals surface area (Å²) >= 11 is 0. The van der Waals surface area contributed by atoms with E-state index in [-0.39, 0.29) is 30.3 Å². The van der Waals surface area contributed by atoms with Gasteiger partial charge in [-0.25, -0.2) is 0 Å². The fourth-order valence-electron chi connectivity index (χ4n) is 2.71. The molecule has 136 valence electrons. The summed E-state index contributed by atoms with van der Waals surface area (Å²) in [5, 5.41) is 2.73. The van der Waals surface area contributed by atoms with Crippen LogP contribution in [-0.2, 0) is 11.2 Å². The van der Waals surface area contributed by atoms with Gasteiger partial charge in [-0.15, -0.1) is 0 Å². The number of ketones is 2. The Balaban J connectivity index is 1.87. The zero-order valence-corrected chi connectivity index (χ0v) is 15.5. The predicted molar refractivity (Wildman–Crippen MR) is 104 cm³/mol. The van der Waals surface area contributed by atoms with Crippen molar-refractivity contribution < 1.29 is 14.4 Å². The number of carbonyl (C=O) groups excluding carboxylic acids is 3. The Morgan fingerprint density at radius 1 is 0.923 bits per heavy atom. The Kier molecular flexibility index (Phi) is 6.84. The summed E-state index contributed by atoms with van der Waals surface area (Å²) in [7, 11) is 0. The maximum absolute atomic E-state index is 12.3. The van der Waals surface area contributed by atoms with E-state index in [4.69, 9.17) is 0 Å². The summed E-state index contributed by atoms with van der Waals surface area (Å²) in [6, 6.07) is 14.4. The maximum Gasteiger partial charge on any atom is 0.224 e. The van der Waals surface area contributed by atoms with Gasteiger partial charge in [-0.2, -0.15) is 0 Å². The van der Waals surface area contributed by atoms with Crippen LogP contribution >= 0.6 is 0 Å². The molecule has 4 heteroatoms. The first-order chi connectivity index (χ1) is 12.3. The highest BCUT2D eigenvalue weighted by Gasteiger charge is 2.10. The van der Waals surface area contributed by atoms with Crippen LogP contribution in [0.1, 0.15) is 59.9 Å². The van der Waals surface area contributed by atoms with Crippen molar-refractivity contribution in [3.05, 3.63) is 65.2 Å². The lowest BCUT2D eigenvalue weighted by molar-refractivity contribution is -0.116. The lowest BCUT2D eigenvalue weighted by Crippen LogP contribution is -2.14. The molecular weight excluding hydrogens is 326 g/mol. The summed E-state index contributed by atoms with van der Waals surface area (Å²) < 4.78 is 0. The van der Waals surface area contributed by atoms with Gasteiger partial charge < -0.3 is 5.32 Å². The van der Waals surface area contributed by atoms with E-state index in [2.05, 4.69) is 19.2 Å². The Bertz CT molecular complexity index is 791. The molecule has 0 fully saturated rings. The van der Waals surface area contributed by atoms with Crippen molar-refractivity contribution >= 4 is 23.2 Å². The van der Waals surface area contributed by atoms with Gasteiger partial charge >= 0.3 is 0 Å². The third-order valence-corrected chi connectivity index (χ3v) is 4.05. The van der Waals surface area contributed by atoms with Gasteiger partial charge in [0.2, 0.25) is 5.91 Å². The largest absolute Gasteiger partial charge is 0.326 e. The van der Waals surface area contributed by atoms with E-state index < -0.39 is 0 Å². The minimum atomic E-state index is -0.240. The summed E-state index contributed by atoms with van der Waals surface area (Å²) in [4.78, 5) is 35.7. The van der Waals surface area contributed by atoms with E-state index in [1.807, 2.05) is 24.3 Å². The minimum absolute atomic E-state index is 0.0475. The van der Waals surface area contributed by atoms with E-state index in [1.54, 1.807) is 24.3 Å². The number of amides is 1. The molecule has 0 aliphatic carbocycles. The molecule has 0 saturated carbocycles. The van der Waals surface area contributed by atoms with Gasteiger partial charge in [0, 0.05) is 29.7 Å². The average molecular weight is 351 g/mol. The molecule has 0 aromatic heterocycles. The smallest absolute Gasteiger partial charge is 0.224 e. The fraction of sp³-hybridized carbons (Fsp3) is 0.318. The highest BCUT2D eigenvalue weighted by atomic mass is 16.2. The highest BCUT2D eigenvalue weighted by molar-refractivity contribution is 6.00. The van der Waals surface area contributed by atoms with Crippen molar-refractivity contribution in [2.75, 3.05) is 5.32 Å². The molecule has 2 rings (SSSR count). The van der Waals surface area contributed by atoms with Crippen molar-refractivity contribution in [1.82, 2.24) is 0 Å². The molecule has 0 atom stereocenters. The van der Waals surface area contributed by atoms with Crippen LogP contribution in [0.15, 0.2) is 48.5 Å². The molecular formula is C22H25NO3. The zero-order chi connectivity index (χ0) is 19.1. The van der Waals surface area contributed by atoms with Crippen LogP contribution in [0.5, 0.6) is 0 Å². The van der Waals surface area contributed by atoms with Crippen molar-refractivity contribution in [2.45, 2.75) is 40.0 Å². The second-order valence-corrected chi connectivity index (χ2v) is 6.90. The van der Waals surface area contributed by atoms with E-state index in [1.165, 1.54) is 12.5 Å². The van der Waals surface area contributed by atoms with Crippen LogP contribution in [-0.4, -0.2) is 17.5 Å². The SMILES string of the molecule is CC(=O)c1cccc(NC(=O)CCC(=O)c2ccc(CC(C)C)cc2)c1. The van der Waals surface area contributed by atoms with Gasteiger partial charge in [0.25, 0.3) is 0 Å². The Labute approximate surface area is 154 Å². The molecule has 0 radical (unpaired) electrons. The fourth-order valence-corrected chi connectivity index (χ4v) is 2.71. The van der Waals surface area contributed by atoms with Crippen molar-refractivity contribution in [1.29, 1.82) is 0 Å². The normalized spacial score (nSPS) is 10.6. The summed E-state index contributed by atoms with van der Waals surface area (Å²) in [6.07, 6.45) is 1.24. The minimum Gasteiger partial charge on any atom is -0.326 e. The van der Waals surface area contributed by atoms with Crippen LogP contribution in [0.4, 0.5) is 5.69 Å². The molecule has 0 bridgehead atoms. The lowest BCUT2D eigenvalue weighted by Gasteiger charge is -2.07. The molecule has 0 spiro atoms. The Morgan fingerprint density at radius 2 is 1.62 bits per heavy atom. The number of rotatable bonds is 8. The van der Waals surface area contributed by atoms with Crippen LogP contribution < -0.4 is 5.32 Å². The number of hydrogen-bond donors (Lipinski definition) is 1. The lowest BCUT2D eigenvalue weighted by atomic mass is 9.99. The number of anilines is 1. The molecule has 0 heterocycles. The number of benzene rings is 2. The summed E-state index contributed by atoms with van der Waals surface area (Å²) in [5.41, 5.74) is 2.94. The molecule has 1 amide bonds. The summed E-state index contributed by atoms with van der Waals surface area (Å²) in [6.45, 7) is 5.79. The van der Waals surface area contributed by atoms with Crippen LogP contribution in [0, 0.1) is 5.92 Å². The average Bonchev–Trinajstić information content (AvgIpc) is 2.60. The molecule has 2 aromatic rings. The van der Waals surface area contributed by atoms with E-state index >= 15 is 0 Å². The van der Waals surface area contributed by atoms with Crippen LogP contribution in [0.3, 0.4) is 0 Å². The molecule has 0 saturated heterocycles. The Morgan fingerprint density at radius 3 is 2.23 bits per heavy atom. The third-order valence-electron chi connectivity index (χ3n) is 4.05. The van der Waals surface area contributed by atoms with Crippen LogP contribution in [0.25, 0.3) is 0 Å². The first-order valence-electron chi connectivity index (χ1n) is 8.88. The number of Topliss-reactive ketones (excluding diaryl/α,β-unsaturated/α-hetero) is 2. The first kappa shape index (κ1) is 19.6. The molecule has 0 aliphatic heterocycles. The second kappa shape index (κ2) is 9.09. The monoisotopic (exact) mass is 351 g/mol. The molecule has 2 aromatic carbocycles. The van der Waals surface area contributed by atoms with Gasteiger partial charge in [0.15, 0.2) is 11.6 Å². The van der Waals surface area contributed by atoms with Gasteiger partial charge in [-0.3, -0.25) is 14.4 Å². The van der Waals surface area contributed by atoms with E-state index in [0.29, 0.717) is 22.7 Å². The van der Waals surface area contributed by atoms with Gasteiger partial charge in [-0.1, -0.05) is 50.2 Å². The maximum atomic E-state index is 12.3. The van der Waals surface area contributed by atoms with Crippen molar-refractivity contribution in [3.8, 4) is 0 Å². The number of nitrogens with one attached hydrogen (secondary N) is 1. The number of hydrogen-bond acceptors (Lipinski definition) is 3. The van der Waals surface area contributed by atoms with Gasteiger partial charge in [0.1, 0.15) is 0 Å². The predicted octanol–water partition coefficient (Wildman–Crippen LogP) is 4.69. The first-order valence-corrected chi connectivity index (χ1v) is 8.88. The Hall–Kier alpha value is -2.75. The zero-order valence-electron chi connectivity index (χ0n) is 15.5. The van der Waals surface area contributed by atoms with Crippen LogP contribution in [0.2, 0.25) is 0 Å². The van der Waals surface area contributed by atoms with Gasteiger partial charge in [0.05, 0.1) is 0 Å². The quantitative estimate of drug-likeness (QED) is 0.702.